The first kappa shape index (κ1) is 26.1. The fourth-order valence-electron chi connectivity index (χ4n) is 3.65. The number of carbonyl (C=O) groups excluding carboxylic acids is 2. The van der Waals surface area contributed by atoms with Crippen LogP contribution in [0.4, 0.5) is 0 Å². The van der Waals surface area contributed by atoms with Crippen LogP contribution in [-0.4, -0.2) is 106 Å². The van der Waals surface area contributed by atoms with Gasteiger partial charge in [0.1, 0.15) is 17.4 Å². The van der Waals surface area contributed by atoms with Gasteiger partial charge in [-0.05, 0) is 27.1 Å². The van der Waals surface area contributed by atoms with Crippen molar-refractivity contribution in [1.29, 1.82) is 0 Å². The van der Waals surface area contributed by atoms with Crippen LogP contribution in [0.3, 0.4) is 0 Å². The van der Waals surface area contributed by atoms with E-state index in [-0.39, 0.29) is 48.0 Å². The van der Waals surface area contributed by atoms with Gasteiger partial charge in [0.05, 0.1) is 31.9 Å². The normalized spacial score (nSPS) is 18.5. The molecule has 0 fully saturated rings. The van der Waals surface area contributed by atoms with Gasteiger partial charge in [0.15, 0.2) is 0 Å². The minimum Gasteiger partial charge on any atom is -0.472 e. The molecule has 10 nitrogen and oxygen atoms in total. The first-order chi connectivity index (χ1) is 16.7. The molecule has 3 heterocycles. The van der Waals surface area contributed by atoms with Gasteiger partial charge in [0.2, 0.25) is 5.88 Å². The minimum absolute atomic E-state index is 0.153. The van der Waals surface area contributed by atoms with E-state index in [4.69, 9.17) is 4.74 Å². The Morgan fingerprint density at radius 3 is 2.71 bits per heavy atom. The Labute approximate surface area is 205 Å². The highest BCUT2D eigenvalue weighted by Gasteiger charge is 2.34. The SMILES string of the molecule is C[C@H](CO)N1C[C@H](C)[C@@H](CN(C)C(=O)c2cnccn2)Oc2ncc(C#CCN(C)C)cc2C1=O. The van der Waals surface area contributed by atoms with E-state index >= 15 is 0 Å². The zero-order chi connectivity index (χ0) is 25.5. The molecule has 35 heavy (non-hydrogen) atoms. The van der Waals surface area contributed by atoms with E-state index in [1.54, 1.807) is 31.1 Å². The summed E-state index contributed by atoms with van der Waals surface area (Å²) in [5, 5.41) is 9.80. The van der Waals surface area contributed by atoms with Gasteiger partial charge in [-0.3, -0.25) is 19.5 Å². The fraction of sp³-hybridized carbons (Fsp3) is 0.480. The summed E-state index contributed by atoms with van der Waals surface area (Å²) in [6.45, 7) is 4.72. The number of fused-ring (bicyclic) bond motifs is 1. The predicted octanol–water partition coefficient (Wildman–Crippen LogP) is 0.777. The van der Waals surface area contributed by atoms with Crippen LogP contribution < -0.4 is 4.74 Å². The monoisotopic (exact) mass is 480 g/mol. The highest BCUT2D eigenvalue weighted by Crippen LogP contribution is 2.27. The molecule has 3 rings (SSSR count). The van der Waals surface area contributed by atoms with Crippen LogP contribution in [0, 0.1) is 17.8 Å². The van der Waals surface area contributed by atoms with Gasteiger partial charge in [0.25, 0.3) is 11.8 Å². The summed E-state index contributed by atoms with van der Waals surface area (Å²) in [7, 11) is 5.52. The number of likely N-dealkylation sites (N-methyl/N-ethyl adjacent to an activating group) is 1. The standard InChI is InChI=1S/C25H32N6O4/c1-17-14-31(18(2)16-32)24(33)20-11-19(7-6-10-29(3)4)12-28-23(20)35-22(17)15-30(5)25(34)21-13-26-8-9-27-21/h8-9,11-13,17-18,22,32H,10,14-16H2,1-5H3/t17-,18+,22+/m0/s1. The van der Waals surface area contributed by atoms with Crippen LogP contribution in [0.2, 0.25) is 0 Å². The number of carbonyl (C=O) groups is 2. The van der Waals surface area contributed by atoms with Crippen molar-refractivity contribution < 1.29 is 19.4 Å². The second-order valence-electron chi connectivity index (χ2n) is 9.02. The van der Waals surface area contributed by atoms with Crippen molar-refractivity contribution in [1.82, 2.24) is 29.7 Å². The number of aliphatic hydroxyl groups excluding tert-OH is 1. The Hall–Kier alpha value is -3.55. The van der Waals surface area contributed by atoms with Gasteiger partial charge in [-0.2, -0.15) is 0 Å². The average molecular weight is 481 g/mol. The summed E-state index contributed by atoms with van der Waals surface area (Å²) in [6.07, 6.45) is 5.51. The molecular weight excluding hydrogens is 448 g/mol. The Morgan fingerprint density at radius 1 is 1.29 bits per heavy atom. The minimum atomic E-state index is -0.459. The summed E-state index contributed by atoms with van der Waals surface area (Å²) >= 11 is 0. The lowest BCUT2D eigenvalue weighted by molar-refractivity contribution is 0.0312. The number of aliphatic hydroxyl groups is 1. The van der Waals surface area contributed by atoms with E-state index in [2.05, 4.69) is 26.8 Å². The zero-order valence-corrected chi connectivity index (χ0v) is 20.8. The van der Waals surface area contributed by atoms with Crippen molar-refractivity contribution in [2.75, 3.05) is 47.4 Å². The topological polar surface area (TPSA) is 112 Å². The summed E-state index contributed by atoms with van der Waals surface area (Å²) in [5.74, 6) is 5.54. The average Bonchev–Trinajstić information content (AvgIpc) is 2.85. The van der Waals surface area contributed by atoms with Crippen molar-refractivity contribution in [2.24, 2.45) is 5.92 Å². The van der Waals surface area contributed by atoms with Crippen LogP contribution in [0.15, 0.2) is 30.9 Å². The molecule has 2 amide bonds. The van der Waals surface area contributed by atoms with Crippen LogP contribution in [0.1, 0.15) is 40.3 Å². The molecule has 1 aliphatic rings. The molecule has 0 aromatic carbocycles. The lowest BCUT2D eigenvalue weighted by atomic mass is 10.00. The molecule has 186 valence electrons. The lowest BCUT2D eigenvalue weighted by Gasteiger charge is -2.37. The molecule has 0 saturated heterocycles. The van der Waals surface area contributed by atoms with Gasteiger partial charge in [-0.15, -0.1) is 0 Å². The third-order valence-electron chi connectivity index (χ3n) is 5.73. The molecule has 0 radical (unpaired) electrons. The van der Waals surface area contributed by atoms with Gasteiger partial charge in [-0.25, -0.2) is 9.97 Å². The Kier molecular flexibility index (Phi) is 8.73. The summed E-state index contributed by atoms with van der Waals surface area (Å²) in [6, 6.07) is 1.27. The molecule has 2 aromatic rings. The van der Waals surface area contributed by atoms with Crippen LogP contribution in [0.5, 0.6) is 5.88 Å². The highest BCUT2D eigenvalue weighted by molar-refractivity contribution is 5.97. The van der Waals surface area contributed by atoms with Crippen molar-refractivity contribution >= 4 is 11.8 Å². The molecule has 1 N–H and O–H groups in total. The van der Waals surface area contributed by atoms with E-state index in [1.165, 1.54) is 23.5 Å². The third kappa shape index (κ3) is 6.53. The summed E-state index contributed by atoms with van der Waals surface area (Å²) < 4.78 is 6.23. The van der Waals surface area contributed by atoms with E-state index in [1.807, 2.05) is 25.9 Å². The molecule has 0 unspecified atom stereocenters. The molecule has 0 bridgehead atoms. The number of aromatic nitrogens is 3. The van der Waals surface area contributed by atoms with Crippen molar-refractivity contribution in [2.45, 2.75) is 26.0 Å². The number of pyridine rings is 1. The van der Waals surface area contributed by atoms with Gasteiger partial charge < -0.3 is 19.6 Å². The van der Waals surface area contributed by atoms with E-state index in [0.717, 1.165) is 0 Å². The zero-order valence-electron chi connectivity index (χ0n) is 20.8. The number of rotatable bonds is 6. The number of nitrogens with zero attached hydrogens (tertiary/aromatic N) is 6. The number of amides is 2. The molecular formula is C25H32N6O4. The van der Waals surface area contributed by atoms with Crippen LogP contribution in [-0.2, 0) is 0 Å². The number of ether oxygens (including phenoxy) is 1. The molecule has 1 aliphatic heterocycles. The Balaban J connectivity index is 1.93. The van der Waals surface area contributed by atoms with E-state index in [0.29, 0.717) is 18.7 Å². The third-order valence-corrected chi connectivity index (χ3v) is 5.73. The van der Waals surface area contributed by atoms with Crippen LogP contribution >= 0.6 is 0 Å². The smallest absolute Gasteiger partial charge is 0.273 e. The first-order valence-corrected chi connectivity index (χ1v) is 11.4. The highest BCUT2D eigenvalue weighted by atomic mass is 16.5. The van der Waals surface area contributed by atoms with Crippen molar-refractivity contribution in [3.8, 4) is 17.7 Å². The maximum Gasteiger partial charge on any atom is 0.273 e. The summed E-state index contributed by atoms with van der Waals surface area (Å²) in [5.41, 5.74) is 1.11. The molecule has 0 aliphatic carbocycles. The molecule has 3 atom stereocenters. The summed E-state index contributed by atoms with van der Waals surface area (Å²) in [4.78, 5) is 43.8. The molecule has 10 heteroatoms. The maximum atomic E-state index is 13.5. The second-order valence-corrected chi connectivity index (χ2v) is 9.02. The van der Waals surface area contributed by atoms with Crippen molar-refractivity contribution in [3.05, 3.63) is 47.7 Å². The van der Waals surface area contributed by atoms with Crippen LogP contribution in [0.25, 0.3) is 0 Å². The van der Waals surface area contributed by atoms with Crippen molar-refractivity contribution in [3.63, 3.8) is 0 Å². The van der Waals surface area contributed by atoms with E-state index < -0.39 is 12.1 Å². The van der Waals surface area contributed by atoms with Gasteiger partial charge in [-0.1, -0.05) is 18.8 Å². The first-order valence-electron chi connectivity index (χ1n) is 11.4. The predicted molar refractivity (Wildman–Crippen MR) is 130 cm³/mol. The van der Waals surface area contributed by atoms with E-state index in [9.17, 15) is 14.7 Å². The number of hydrogen-bond acceptors (Lipinski definition) is 8. The lowest BCUT2D eigenvalue weighted by Crippen LogP contribution is -2.50. The largest absolute Gasteiger partial charge is 0.472 e. The quantitative estimate of drug-likeness (QED) is 0.604. The second kappa shape index (κ2) is 11.7. The molecule has 2 aromatic heterocycles. The fourth-order valence-corrected chi connectivity index (χ4v) is 3.65. The van der Waals surface area contributed by atoms with Gasteiger partial charge >= 0.3 is 0 Å². The Bertz CT molecular complexity index is 1100. The number of hydrogen-bond donors (Lipinski definition) is 1. The maximum absolute atomic E-state index is 13.5. The molecule has 0 spiro atoms. The molecule has 0 saturated carbocycles. The van der Waals surface area contributed by atoms with Gasteiger partial charge in [0, 0.05) is 43.7 Å². The Morgan fingerprint density at radius 2 is 2.06 bits per heavy atom.